The van der Waals surface area contributed by atoms with E-state index in [0.29, 0.717) is 40.4 Å². The second-order valence-corrected chi connectivity index (χ2v) is 9.77. The third kappa shape index (κ3) is 3.82. The normalized spacial score (nSPS) is 19.9. The summed E-state index contributed by atoms with van der Waals surface area (Å²) in [7, 11) is 1.44. The lowest BCUT2D eigenvalue weighted by Crippen LogP contribution is -2.42. The molecule has 0 aromatic heterocycles. The van der Waals surface area contributed by atoms with E-state index in [1.165, 1.54) is 13.2 Å². The zero-order valence-corrected chi connectivity index (χ0v) is 20.0. The van der Waals surface area contributed by atoms with Crippen LogP contribution in [0.15, 0.2) is 59.1 Å². The van der Waals surface area contributed by atoms with E-state index in [4.69, 9.17) is 33.7 Å². The van der Waals surface area contributed by atoms with Crippen LogP contribution < -0.4 is 15.4 Å². The highest BCUT2D eigenvalue weighted by molar-refractivity contribution is 6.43. The number of Topliss-reactive ketones (excluding diaryl/α,β-unsaturated/α-hetero) is 1. The molecule has 0 saturated carbocycles. The molecule has 4 rings (SSSR count). The summed E-state index contributed by atoms with van der Waals surface area (Å²) in [4.78, 5) is 15.2. The van der Waals surface area contributed by atoms with Gasteiger partial charge in [0.15, 0.2) is 17.3 Å². The Kier molecular flexibility index (Phi) is 5.81. The molecule has 1 heterocycles. The molecule has 2 aromatic carbocycles. The smallest absolute Gasteiger partial charge is 0.162 e. The summed E-state index contributed by atoms with van der Waals surface area (Å²) in [6.45, 7) is 4.04. The molecule has 2 aliphatic rings. The fourth-order valence-electron chi connectivity index (χ4n) is 4.66. The van der Waals surface area contributed by atoms with Crippen LogP contribution in [0, 0.1) is 16.7 Å². The van der Waals surface area contributed by atoms with Gasteiger partial charge in [-0.25, -0.2) is 0 Å². The maximum atomic E-state index is 13.5. The van der Waals surface area contributed by atoms with Gasteiger partial charge in [-0.2, -0.15) is 5.26 Å². The van der Waals surface area contributed by atoms with Crippen molar-refractivity contribution in [3.8, 4) is 17.6 Å². The molecule has 1 aliphatic carbocycles. The number of anilines is 1. The molecule has 0 spiro atoms. The number of nitriles is 1. The van der Waals surface area contributed by atoms with Crippen molar-refractivity contribution < 1.29 is 14.6 Å². The Labute approximate surface area is 202 Å². The first-order chi connectivity index (χ1) is 15.6. The first kappa shape index (κ1) is 23.0. The van der Waals surface area contributed by atoms with Gasteiger partial charge in [-0.15, -0.1) is 0 Å². The van der Waals surface area contributed by atoms with Gasteiger partial charge in [-0.05, 0) is 41.7 Å². The van der Waals surface area contributed by atoms with E-state index in [0.717, 1.165) is 0 Å². The molecule has 33 heavy (non-hydrogen) atoms. The van der Waals surface area contributed by atoms with E-state index in [1.807, 2.05) is 13.8 Å². The van der Waals surface area contributed by atoms with Gasteiger partial charge in [0.2, 0.25) is 0 Å². The van der Waals surface area contributed by atoms with E-state index in [2.05, 4.69) is 6.07 Å². The standard InChI is InChI=1S/C25H23Cl2N3O3/c1-25(2)10-17-22(19(32)11-25)21(13-7-8-18(31)20(9-13)33-3)14(12-28)24(29)30(17)16-6-4-5-15(26)23(16)27/h4-9,21,31H,10-11,29H2,1-3H3. The number of nitrogens with zero attached hydrogens (tertiary/aromatic N) is 2. The summed E-state index contributed by atoms with van der Waals surface area (Å²) in [5.74, 6) is -0.374. The van der Waals surface area contributed by atoms with Gasteiger partial charge < -0.3 is 15.6 Å². The zero-order valence-electron chi connectivity index (χ0n) is 18.4. The van der Waals surface area contributed by atoms with Crippen LogP contribution in [0.4, 0.5) is 5.69 Å². The third-order valence-electron chi connectivity index (χ3n) is 6.09. The summed E-state index contributed by atoms with van der Waals surface area (Å²) in [5.41, 5.74) is 8.82. The molecule has 6 nitrogen and oxygen atoms in total. The molecule has 0 bridgehead atoms. The van der Waals surface area contributed by atoms with Gasteiger partial charge >= 0.3 is 0 Å². The summed E-state index contributed by atoms with van der Waals surface area (Å²) >= 11 is 12.8. The molecule has 0 fully saturated rings. The van der Waals surface area contributed by atoms with Gasteiger partial charge in [0, 0.05) is 17.7 Å². The lowest BCUT2D eigenvalue weighted by molar-refractivity contribution is -0.118. The van der Waals surface area contributed by atoms with E-state index >= 15 is 0 Å². The molecule has 1 atom stereocenters. The van der Waals surface area contributed by atoms with Crippen molar-refractivity contribution >= 4 is 34.7 Å². The number of carbonyl (C=O) groups is 1. The molecule has 0 radical (unpaired) electrons. The number of carbonyl (C=O) groups excluding carboxylic acids is 1. The fraction of sp³-hybridized carbons (Fsp3) is 0.280. The van der Waals surface area contributed by atoms with Crippen molar-refractivity contribution in [1.29, 1.82) is 5.26 Å². The van der Waals surface area contributed by atoms with Crippen LogP contribution in [-0.2, 0) is 4.79 Å². The summed E-state index contributed by atoms with van der Waals surface area (Å²) < 4.78 is 5.26. The van der Waals surface area contributed by atoms with E-state index in [9.17, 15) is 15.2 Å². The van der Waals surface area contributed by atoms with Crippen LogP contribution in [0.3, 0.4) is 0 Å². The number of benzene rings is 2. The average molecular weight is 484 g/mol. The van der Waals surface area contributed by atoms with Crippen molar-refractivity contribution in [3.63, 3.8) is 0 Å². The van der Waals surface area contributed by atoms with Gasteiger partial charge in [0.25, 0.3) is 0 Å². The van der Waals surface area contributed by atoms with E-state index in [-0.39, 0.29) is 39.1 Å². The van der Waals surface area contributed by atoms with Crippen LogP contribution in [0.25, 0.3) is 0 Å². The number of phenols is 1. The zero-order chi connectivity index (χ0) is 24.1. The molecule has 1 aliphatic heterocycles. The molecular formula is C25H23Cl2N3O3. The number of nitrogens with two attached hydrogens (primary N) is 1. The highest BCUT2D eigenvalue weighted by Crippen LogP contribution is 2.52. The first-order valence-electron chi connectivity index (χ1n) is 10.4. The number of hydrogen-bond donors (Lipinski definition) is 2. The minimum atomic E-state index is -0.697. The SMILES string of the molecule is COc1cc(C2C(C#N)=C(N)N(c3cccc(Cl)c3Cl)C3=C2C(=O)CC(C)(C)C3)ccc1O. The average Bonchev–Trinajstić information content (AvgIpc) is 2.75. The topological polar surface area (TPSA) is 99.6 Å². The Morgan fingerprint density at radius 3 is 2.64 bits per heavy atom. The molecular weight excluding hydrogens is 461 g/mol. The second kappa shape index (κ2) is 8.33. The minimum Gasteiger partial charge on any atom is -0.504 e. The van der Waals surface area contributed by atoms with Crippen LogP contribution >= 0.6 is 23.2 Å². The molecule has 2 aromatic rings. The Morgan fingerprint density at radius 1 is 1.24 bits per heavy atom. The molecule has 0 saturated heterocycles. The van der Waals surface area contributed by atoms with Crippen molar-refractivity contribution in [3.05, 3.63) is 74.7 Å². The summed E-state index contributed by atoms with van der Waals surface area (Å²) in [6.07, 6.45) is 0.870. The number of allylic oxidation sites excluding steroid dienone is 3. The van der Waals surface area contributed by atoms with E-state index < -0.39 is 5.92 Å². The number of rotatable bonds is 3. The van der Waals surface area contributed by atoms with E-state index in [1.54, 1.807) is 35.2 Å². The number of ketones is 1. The quantitative estimate of drug-likeness (QED) is 0.584. The molecule has 3 N–H and O–H groups in total. The number of halogens is 2. The monoisotopic (exact) mass is 483 g/mol. The number of methoxy groups -OCH3 is 1. The van der Waals surface area contributed by atoms with Crippen LogP contribution in [0.1, 0.15) is 38.2 Å². The minimum absolute atomic E-state index is 0.0369. The maximum Gasteiger partial charge on any atom is 0.162 e. The molecule has 170 valence electrons. The first-order valence-corrected chi connectivity index (χ1v) is 11.1. The summed E-state index contributed by atoms with van der Waals surface area (Å²) in [6, 6.07) is 12.2. The second-order valence-electron chi connectivity index (χ2n) is 8.98. The van der Waals surface area contributed by atoms with Crippen molar-refractivity contribution in [2.24, 2.45) is 11.1 Å². The lowest BCUT2D eigenvalue weighted by atomic mass is 9.68. The Bertz CT molecular complexity index is 1270. The van der Waals surface area contributed by atoms with Crippen molar-refractivity contribution in [2.75, 3.05) is 12.0 Å². The number of phenolic OH excluding ortho intramolecular Hbond substituents is 1. The predicted octanol–water partition coefficient (Wildman–Crippen LogP) is 5.65. The Balaban J connectivity index is 2.03. The van der Waals surface area contributed by atoms with Gasteiger partial charge in [0.1, 0.15) is 5.82 Å². The number of ether oxygens (including phenoxy) is 1. The van der Waals surface area contributed by atoms with Crippen LogP contribution in [0.5, 0.6) is 11.5 Å². The number of aromatic hydroxyl groups is 1. The Hall–Kier alpha value is -3.14. The highest BCUT2D eigenvalue weighted by atomic mass is 35.5. The third-order valence-corrected chi connectivity index (χ3v) is 6.90. The largest absolute Gasteiger partial charge is 0.504 e. The molecule has 0 amide bonds. The van der Waals surface area contributed by atoms with Crippen LogP contribution in [-0.4, -0.2) is 18.0 Å². The highest BCUT2D eigenvalue weighted by Gasteiger charge is 2.45. The fourth-order valence-corrected chi connectivity index (χ4v) is 5.04. The molecule has 1 unspecified atom stereocenters. The van der Waals surface area contributed by atoms with Crippen molar-refractivity contribution in [2.45, 2.75) is 32.6 Å². The van der Waals surface area contributed by atoms with Gasteiger partial charge in [0.05, 0.1) is 40.4 Å². The van der Waals surface area contributed by atoms with Crippen molar-refractivity contribution in [1.82, 2.24) is 0 Å². The van der Waals surface area contributed by atoms with Gasteiger partial charge in [-0.1, -0.05) is 49.2 Å². The number of hydrogen-bond acceptors (Lipinski definition) is 6. The van der Waals surface area contributed by atoms with Gasteiger partial charge in [-0.3, -0.25) is 9.69 Å². The molecule has 8 heteroatoms. The van der Waals surface area contributed by atoms with Crippen LogP contribution in [0.2, 0.25) is 10.0 Å². The predicted molar refractivity (Wildman–Crippen MR) is 128 cm³/mol. The lowest BCUT2D eigenvalue weighted by Gasteiger charge is -2.44. The maximum absolute atomic E-state index is 13.5. The Morgan fingerprint density at radius 2 is 1.97 bits per heavy atom. The summed E-state index contributed by atoms with van der Waals surface area (Å²) in [5, 5.41) is 20.8.